The largest absolute Gasteiger partial charge is 0.378 e. The summed E-state index contributed by atoms with van der Waals surface area (Å²) in [6.07, 6.45) is 6.03. The first-order chi connectivity index (χ1) is 8.15. The highest BCUT2D eigenvalue weighted by atomic mass is 15.1. The first-order valence-corrected chi connectivity index (χ1v) is 6.10. The van der Waals surface area contributed by atoms with Crippen molar-refractivity contribution in [3.63, 3.8) is 0 Å². The van der Waals surface area contributed by atoms with Gasteiger partial charge in [0.2, 0.25) is 0 Å². The smallest absolute Gasteiger partial charge is 0.161 e. The minimum Gasteiger partial charge on any atom is -0.378 e. The lowest BCUT2D eigenvalue weighted by atomic mass is 10.1. The van der Waals surface area contributed by atoms with Crippen LogP contribution in [-0.4, -0.2) is 27.4 Å². The molecular weight excluding hydrogens is 208 g/mol. The van der Waals surface area contributed by atoms with Gasteiger partial charge in [-0.1, -0.05) is 19.9 Å². The molecule has 0 amide bonds. The maximum atomic E-state index is 2.97. The number of rotatable bonds is 3. The molecule has 0 aromatic heterocycles. The van der Waals surface area contributed by atoms with Crippen LogP contribution in [0.5, 0.6) is 0 Å². The molecule has 94 valence electrons. The summed E-state index contributed by atoms with van der Waals surface area (Å²) < 4.78 is 0. The van der Waals surface area contributed by atoms with Crippen molar-refractivity contribution in [3.8, 4) is 0 Å². The normalized spacial score (nSPS) is 10.5. The predicted molar refractivity (Wildman–Crippen MR) is 78.8 cm³/mol. The first kappa shape index (κ1) is 15.4. The Labute approximate surface area is 106 Å². The Morgan fingerprint density at radius 1 is 1.18 bits per heavy atom. The zero-order valence-electron chi connectivity index (χ0n) is 11.9. The van der Waals surface area contributed by atoms with Gasteiger partial charge in [-0.05, 0) is 36.3 Å². The van der Waals surface area contributed by atoms with Gasteiger partial charge >= 0.3 is 0 Å². The molecule has 0 aliphatic carbocycles. The van der Waals surface area contributed by atoms with Crippen LogP contribution < -0.4 is 9.89 Å². The van der Waals surface area contributed by atoms with E-state index < -0.39 is 0 Å². The molecule has 0 spiro atoms. The second-order valence-corrected chi connectivity index (χ2v) is 3.75. The number of benzene rings is 1. The standard InChI is InChI=1S/C13H18N2.C2H6/c1-11-10-13(15(3)4)8-7-12(11)6-5-9-14-2;1-2/h5-10H,1-4H3;1-2H3/p+1. The van der Waals surface area contributed by atoms with E-state index in [-0.39, 0.29) is 0 Å². The Kier molecular flexibility index (Phi) is 7.78. The summed E-state index contributed by atoms with van der Waals surface area (Å²) in [5.74, 6) is 0. The van der Waals surface area contributed by atoms with E-state index in [4.69, 9.17) is 0 Å². The quantitative estimate of drug-likeness (QED) is 0.789. The zero-order chi connectivity index (χ0) is 13.3. The monoisotopic (exact) mass is 233 g/mol. The van der Waals surface area contributed by atoms with E-state index in [2.05, 4.69) is 55.2 Å². The van der Waals surface area contributed by atoms with Crippen molar-refractivity contribution in [1.82, 2.24) is 0 Å². The van der Waals surface area contributed by atoms with Gasteiger partial charge in [0, 0.05) is 25.9 Å². The number of hydrogen-bond acceptors (Lipinski definition) is 1. The fourth-order valence-electron chi connectivity index (χ4n) is 1.37. The van der Waals surface area contributed by atoms with E-state index in [1.54, 1.807) is 0 Å². The van der Waals surface area contributed by atoms with Crippen LogP contribution in [0.2, 0.25) is 0 Å². The van der Waals surface area contributed by atoms with Gasteiger partial charge in [-0.2, -0.15) is 0 Å². The van der Waals surface area contributed by atoms with E-state index in [1.165, 1.54) is 16.8 Å². The molecule has 0 bridgehead atoms. The molecule has 2 heteroatoms. The molecule has 2 nitrogen and oxygen atoms in total. The molecule has 1 aromatic carbocycles. The third-order valence-electron chi connectivity index (χ3n) is 2.31. The Balaban J connectivity index is 0.00000121. The van der Waals surface area contributed by atoms with Gasteiger partial charge in [0.1, 0.15) is 7.05 Å². The summed E-state index contributed by atoms with van der Waals surface area (Å²) in [6, 6.07) is 6.47. The minimum absolute atomic E-state index is 1.24. The molecule has 0 heterocycles. The highest BCUT2D eigenvalue weighted by Crippen LogP contribution is 2.17. The molecule has 0 radical (unpaired) electrons. The Morgan fingerprint density at radius 3 is 2.29 bits per heavy atom. The summed E-state index contributed by atoms with van der Waals surface area (Å²) >= 11 is 0. The van der Waals surface area contributed by atoms with Crippen LogP contribution in [0.4, 0.5) is 5.69 Å². The summed E-state index contributed by atoms with van der Waals surface area (Å²) in [5, 5.41) is 0. The summed E-state index contributed by atoms with van der Waals surface area (Å²) in [7, 11) is 6.00. The van der Waals surface area contributed by atoms with E-state index in [9.17, 15) is 0 Å². The second-order valence-electron chi connectivity index (χ2n) is 3.75. The van der Waals surface area contributed by atoms with Gasteiger partial charge in [0.05, 0.1) is 0 Å². The van der Waals surface area contributed by atoms with Crippen molar-refractivity contribution in [3.05, 3.63) is 35.4 Å². The third kappa shape index (κ3) is 5.34. The van der Waals surface area contributed by atoms with Crippen molar-refractivity contribution < 1.29 is 4.99 Å². The topological polar surface area (TPSA) is 17.2 Å². The van der Waals surface area contributed by atoms with Gasteiger partial charge in [-0.3, -0.25) is 4.99 Å². The van der Waals surface area contributed by atoms with Gasteiger partial charge in [0.15, 0.2) is 6.21 Å². The fraction of sp³-hybridized carbons (Fsp3) is 0.400. The van der Waals surface area contributed by atoms with Gasteiger partial charge in [-0.25, -0.2) is 0 Å². The van der Waals surface area contributed by atoms with Crippen LogP contribution in [-0.2, 0) is 0 Å². The lowest BCUT2D eigenvalue weighted by Crippen LogP contribution is -2.62. The van der Waals surface area contributed by atoms with E-state index in [0.29, 0.717) is 0 Å². The molecule has 1 aromatic rings. The fourth-order valence-corrected chi connectivity index (χ4v) is 1.37. The van der Waals surface area contributed by atoms with Crippen LogP contribution in [0.1, 0.15) is 25.0 Å². The molecule has 0 unspecified atom stereocenters. The van der Waals surface area contributed by atoms with Crippen molar-refractivity contribution in [2.75, 3.05) is 26.0 Å². The van der Waals surface area contributed by atoms with Gasteiger partial charge < -0.3 is 4.90 Å². The van der Waals surface area contributed by atoms with Crippen LogP contribution in [0.3, 0.4) is 0 Å². The maximum Gasteiger partial charge on any atom is 0.161 e. The lowest BCUT2D eigenvalue weighted by Gasteiger charge is -2.13. The van der Waals surface area contributed by atoms with Crippen molar-refractivity contribution in [2.24, 2.45) is 0 Å². The van der Waals surface area contributed by atoms with Crippen molar-refractivity contribution in [1.29, 1.82) is 0 Å². The minimum atomic E-state index is 1.24. The maximum absolute atomic E-state index is 2.97. The molecule has 0 saturated heterocycles. The van der Waals surface area contributed by atoms with E-state index in [0.717, 1.165) is 0 Å². The van der Waals surface area contributed by atoms with Crippen LogP contribution in [0, 0.1) is 6.92 Å². The third-order valence-corrected chi connectivity index (χ3v) is 2.31. The van der Waals surface area contributed by atoms with Crippen LogP contribution in [0.15, 0.2) is 24.3 Å². The van der Waals surface area contributed by atoms with E-state index >= 15 is 0 Å². The Hall–Kier alpha value is -1.57. The highest BCUT2D eigenvalue weighted by molar-refractivity contribution is 5.75. The summed E-state index contributed by atoms with van der Waals surface area (Å²) in [5.41, 5.74) is 3.79. The summed E-state index contributed by atoms with van der Waals surface area (Å²) in [6.45, 7) is 6.13. The van der Waals surface area contributed by atoms with Gasteiger partial charge in [0.25, 0.3) is 0 Å². The SMILES string of the molecule is CC.C[NH+]=CC=Cc1ccc(N(C)C)cc1C. The lowest BCUT2D eigenvalue weighted by molar-refractivity contribution is -0.413. The predicted octanol–water partition coefficient (Wildman–Crippen LogP) is 1.88. The molecule has 0 aliphatic heterocycles. The first-order valence-electron chi connectivity index (χ1n) is 6.10. The number of anilines is 1. The zero-order valence-corrected chi connectivity index (χ0v) is 11.9. The number of allylic oxidation sites excluding steroid dienone is 1. The van der Waals surface area contributed by atoms with Crippen molar-refractivity contribution >= 4 is 18.0 Å². The average Bonchev–Trinajstić information content (AvgIpc) is 2.34. The molecule has 17 heavy (non-hydrogen) atoms. The van der Waals surface area contributed by atoms with Gasteiger partial charge in [-0.15, -0.1) is 0 Å². The van der Waals surface area contributed by atoms with Crippen LogP contribution in [0.25, 0.3) is 6.08 Å². The highest BCUT2D eigenvalue weighted by Gasteiger charge is 1.98. The second kappa shape index (κ2) is 8.57. The molecule has 1 N–H and O–H groups in total. The number of aryl methyl sites for hydroxylation is 1. The molecule has 1 rings (SSSR count). The molecular formula is C15H25N2+. The van der Waals surface area contributed by atoms with Crippen molar-refractivity contribution in [2.45, 2.75) is 20.8 Å². The Morgan fingerprint density at radius 2 is 1.82 bits per heavy atom. The summed E-state index contributed by atoms with van der Waals surface area (Å²) in [4.78, 5) is 5.08. The number of nitrogens with zero attached hydrogens (tertiary/aromatic N) is 1. The van der Waals surface area contributed by atoms with Crippen LogP contribution >= 0.6 is 0 Å². The Bertz CT molecular complexity index is 377. The average molecular weight is 233 g/mol. The molecule has 0 saturated carbocycles. The molecule has 0 fully saturated rings. The molecule has 0 aliphatic rings. The van der Waals surface area contributed by atoms with E-state index in [1.807, 2.05) is 33.2 Å². The number of nitrogens with one attached hydrogen (secondary N) is 1. The number of hydrogen-bond donors (Lipinski definition) is 1. The molecule has 0 atom stereocenters.